The lowest BCUT2D eigenvalue weighted by Gasteiger charge is -2.38. The molecule has 4 heteroatoms. The van der Waals surface area contributed by atoms with Crippen molar-refractivity contribution in [3.8, 4) is 0 Å². The SMILES string of the molecule is CN1CCN(C)C(CC(=O)C2CCCc3cccnc32)C1. The van der Waals surface area contributed by atoms with Gasteiger partial charge in [0.15, 0.2) is 0 Å². The first kappa shape index (κ1) is 14.7. The van der Waals surface area contributed by atoms with Crippen molar-refractivity contribution in [3.63, 3.8) is 0 Å². The zero-order valence-corrected chi connectivity index (χ0v) is 13.1. The number of carbonyl (C=O) groups excluding carboxylic acids is 1. The Labute approximate surface area is 127 Å². The van der Waals surface area contributed by atoms with Gasteiger partial charge in [0, 0.05) is 38.3 Å². The van der Waals surface area contributed by atoms with E-state index in [1.165, 1.54) is 5.56 Å². The van der Waals surface area contributed by atoms with Gasteiger partial charge >= 0.3 is 0 Å². The number of carbonyl (C=O) groups is 1. The third-order valence-corrected chi connectivity index (χ3v) is 5.00. The number of nitrogens with zero attached hydrogens (tertiary/aromatic N) is 3. The largest absolute Gasteiger partial charge is 0.304 e. The number of pyridine rings is 1. The number of likely N-dealkylation sites (N-methyl/N-ethyl adjacent to an activating group) is 2. The molecule has 1 aromatic heterocycles. The third-order valence-electron chi connectivity index (χ3n) is 5.00. The summed E-state index contributed by atoms with van der Waals surface area (Å²) in [4.78, 5) is 22.0. The molecule has 0 saturated carbocycles. The smallest absolute Gasteiger partial charge is 0.143 e. The van der Waals surface area contributed by atoms with Crippen molar-refractivity contribution in [1.82, 2.24) is 14.8 Å². The molecular formula is C17H25N3O. The fraction of sp³-hybridized carbons (Fsp3) is 0.647. The number of piperazine rings is 1. The zero-order valence-electron chi connectivity index (χ0n) is 13.1. The molecule has 3 rings (SSSR count). The molecule has 1 saturated heterocycles. The summed E-state index contributed by atoms with van der Waals surface area (Å²) in [6.07, 6.45) is 5.62. The van der Waals surface area contributed by atoms with E-state index < -0.39 is 0 Å². The fourth-order valence-electron chi connectivity index (χ4n) is 3.62. The van der Waals surface area contributed by atoms with E-state index in [4.69, 9.17) is 0 Å². The summed E-state index contributed by atoms with van der Waals surface area (Å²) < 4.78 is 0. The van der Waals surface area contributed by atoms with E-state index in [9.17, 15) is 4.79 Å². The maximum Gasteiger partial charge on any atom is 0.143 e. The van der Waals surface area contributed by atoms with Crippen LogP contribution in [0.4, 0.5) is 0 Å². The average Bonchev–Trinajstić information content (AvgIpc) is 2.50. The number of Topliss-reactive ketones (excluding diaryl/α,β-unsaturated/α-hetero) is 1. The molecule has 1 aromatic rings. The van der Waals surface area contributed by atoms with Crippen LogP contribution in [0.25, 0.3) is 0 Å². The summed E-state index contributed by atoms with van der Waals surface area (Å²) in [5, 5.41) is 0. The van der Waals surface area contributed by atoms with Crippen LogP contribution in [0.1, 0.15) is 36.4 Å². The van der Waals surface area contributed by atoms with Gasteiger partial charge in [-0.3, -0.25) is 9.78 Å². The Kier molecular flexibility index (Phi) is 4.36. The maximum absolute atomic E-state index is 12.8. The summed E-state index contributed by atoms with van der Waals surface area (Å²) in [6.45, 7) is 3.13. The Morgan fingerprint density at radius 2 is 2.24 bits per heavy atom. The lowest BCUT2D eigenvalue weighted by molar-refractivity contribution is -0.122. The topological polar surface area (TPSA) is 36.4 Å². The van der Waals surface area contributed by atoms with Crippen molar-refractivity contribution in [3.05, 3.63) is 29.6 Å². The minimum Gasteiger partial charge on any atom is -0.304 e. The summed E-state index contributed by atoms with van der Waals surface area (Å²) in [7, 11) is 4.28. The second-order valence-electron chi connectivity index (χ2n) is 6.56. The fourth-order valence-corrected chi connectivity index (χ4v) is 3.62. The molecule has 2 unspecified atom stereocenters. The molecule has 2 atom stereocenters. The molecule has 2 heterocycles. The molecule has 114 valence electrons. The van der Waals surface area contributed by atoms with Crippen LogP contribution in [0.5, 0.6) is 0 Å². The van der Waals surface area contributed by atoms with E-state index in [1.54, 1.807) is 0 Å². The molecule has 1 aliphatic carbocycles. The molecule has 0 radical (unpaired) electrons. The van der Waals surface area contributed by atoms with E-state index in [-0.39, 0.29) is 5.92 Å². The Balaban J connectivity index is 1.71. The molecule has 0 bridgehead atoms. The van der Waals surface area contributed by atoms with Gasteiger partial charge in [0.1, 0.15) is 5.78 Å². The molecule has 0 spiro atoms. The Hall–Kier alpha value is -1.26. The molecular weight excluding hydrogens is 262 g/mol. The van der Waals surface area contributed by atoms with Gasteiger partial charge in [0.25, 0.3) is 0 Å². The average molecular weight is 287 g/mol. The minimum atomic E-state index is 0.0237. The molecule has 21 heavy (non-hydrogen) atoms. The van der Waals surface area contributed by atoms with E-state index in [0.717, 1.165) is 44.6 Å². The van der Waals surface area contributed by atoms with Crippen LogP contribution in [-0.2, 0) is 11.2 Å². The van der Waals surface area contributed by atoms with Crippen molar-refractivity contribution < 1.29 is 4.79 Å². The predicted molar refractivity (Wildman–Crippen MR) is 83.5 cm³/mol. The third kappa shape index (κ3) is 3.16. The van der Waals surface area contributed by atoms with Gasteiger partial charge in [-0.15, -0.1) is 0 Å². The molecule has 1 fully saturated rings. The van der Waals surface area contributed by atoms with Crippen LogP contribution in [0.2, 0.25) is 0 Å². The van der Waals surface area contributed by atoms with E-state index in [1.807, 2.05) is 12.3 Å². The highest BCUT2D eigenvalue weighted by Crippen LogP contribution is 2.32. The Morgan fingerprint density at radius 3 is 3.10 bits per heavy atom. The summed E-state index contributed by atoms with van der Waals surface area (Å²) >= 11 is 0. The lowest BCUT2D eigenvalue weighted by Crippen LogP contribution is -2.50. The van der Waals surface area contributed by atoms with Crippen LogP contribution >= 0.6 is 0 Å². The number of ketones is 1. The zero-order chi connectivity index (χ0) is 14.8. The monoisotopic (exact) mass is 287 g/mol. The highest BCUT2D eigenvalue weighted by atomic mass is 16.1. The molecule has 2 aliphatic rings. The quantitative estimate of drug-likeness (QED) is 0.848. The maximum atomic E-state index is 12.8. The second kappa shape index (κ2) is 6.24. The van der Waals surface area contributed by atoms with E-state index >= 15 is 0 Å². The van der Waals surface area contributed by atoms with Crippen molar-refractivity contribution in [2.75, 3.05) is 33.7 Å². The number of rotatable bonds is 3. The van der Waals surface area contributed by atoms with Gasteiger partial charge in [-0.25, -0.2) is 0 Å². The van der Waals surface area contributed by atoms with Gasteiger partial charge < -0.3 is 9.80 Å². The van der Waals surface area contributed by atoms with Crippen LogP contribution in [0.15, 0.2) is 18.3 Å². The Morgan fingerprint density at radius 1 is 1.38 bits per heavy atom. The lowest BCUT2D eigenvalue weighted by atomic mass is 9.82. The summed E-state index contributed by atoms with van der Waals surface area (Å²) in [5.41, 5.74) is 2.32. The number of aromatic nitrogens is 1. The molecule has 4 nitrogen and oxygen atoms in total. The highest BCUT2D eigenvalue weighted by Gasteiger charge is 2.31. The molecule has 0 aromatic carbocycles. The van der Waals surface area contributed by atoms with Crippen LogP contribution in [0, 0.1) is 0 Å². The normalized spacial score (nSPS) is 27.3. The Bertz CT molecular complexity index is 517. The molecule has 0 amide bonds. The molecule has 0 N–H and O–H groups in total. The van der Waals surface area contributed by atoms with E-state index in [0.29, 0.717) is 18.2 Å². The van der Waals surface area contributed by atoms with Gasteiger partial charge in [0.2, 0.25) is 0 Å². The first-order chi connectivity index (χ1) is 10.1. The van der Waals surface area contributed by atoms with Crippen LogP contribution < -0.4 is 0 Å². The van der Waals surface area contributed by atoms with E-state index in [2.05, 4.69) is 34.9 Å². The highest BCUT2D eigenvalue weighted by molar-refractivity contribution is 5.86. The van der Waals surface area contributed by atoms with Crippen molar-refractivity contribution in [1.29, 1.82) is 0 Å². The minimum absolute atomic E-state index is 0.0237. The van der Waals surface area contributed by atoms with Crippen molar-refractivity contribution in [2.45, 2.75) is 37.6 Å². The number of hydrogen-bond acceptors (Lipinski definition) is 4. The standard InChI is InChI=1S/C17H25N3O/c1-19-9-10-20(2)14(12-19)11-16(21)15-7-3-5-13-6-4-8-18-17(13)15/h4,6,8,14-15H,3,5,7,9-12H2,1-2H3. The summed E-state index contributed by atoms with van der Waals surface area (Å²) in [5.74, 6) is 0.400. The number of hydrogen-bond donors (Lipinski definition) is 0. The molecule has 1 aliphatic heterocycles. The number of aryl methyl sites for hydroxylation is 1. The van der Waals surface area contributed by atoms with Gasteiger partial charge in [-0.1, -0.05) is 6.07 Å². The predicted octanol–water partition coefficient (Wildman–Crippen LogP) is 1.71. The summed E-state index contributed by atoms with van der Waals surface area (Å²) in [6, 6.07) is 4.46. The van der Waals surface area contributed by atoms with Gasteiger partial charge in [-0.05, 0) is 45.0 Å². The van der Waals surface area contributed by atoms with Crippen molar-refractivity contribution in [2.24, 2.45) is 0 Å². The first-order valence-electron chi connectivity index (χ1n) is 8.00. The van der Waals surface area contributed by atoms with Crippen LogP contribution in [0.3, 0.4) is 0 Å². The van der Waals surface area contributed by atoms with Gasteiger partial charge in [-0.2, -0.15) is 0 Å². The van der Waals surface area contributed by atoms with Crippen molar-refractivity contribution >= 4 is 5.78 Å². The first-order valence-corrected chi connectivity index (χ1v) is 8.00. The van der Waals surface area contributed by atoms with Crippen LogP contribution in [-0.4, -0.2) is 60.3 Å². The van der Waals surface area contributed by atoms with Gasteiger partial charge in [0.05, 0.1) is 11.6 Å². The second-order valence-corrected chi connectivity index (χ2v) is 6.56. The number of fused-ring (bicyclic) bond motifs is 1.